The second kappa shape index (κ2) is 10.1. The molecule has 1 aromatic carbocycles. The maximum Gasteiger partial charge on any atom is 0.214 e. The van der Waals surface area contributed by atoms with E-state index < -0.39 is 10.0 Å². The van der Waals surface area contributed by atoms with E-state index >= 15 is 0 Å². The van der Waals surface area contributed by atoms with Crippen molar-refractivity contribution in [1.29, 1.82) is 0 Å². The summed E-state index contributed by atoms with van der Waals surface area (Å²) in [4.78, 5) is 9.07. The van der Waals surface area contributed by atoms with Crippen molar-refractivity contribution in [3.05, 3.63) is 29.3 Å². The smallest absolute Gasteiger partial charge is 0.214 e. The zero-order chi connectivity index (χ0) is 19.4. The molecule has 0 saturated carbocycles. The van der Waals surface area contributed by atoms with Crippen LogP contribution < -0.4 is 10.2 Å². The summed E-state index contributed by atoms with van der Waals surface area (Å²) >= 11 is 0. The van der Waals surface area contributed by atoms with Gasteiger partial charge < -0.3 is 15.1 Å². The molecular weight excluding hydrogens is 489 g/mol. The van der Waals surface area contributed by atoms with E-state index in [1.54, 1.807) is 11.4 Å². The Morgan fingerprint density at radius 1 is 1.14 bits per heavy atom. The number of nitrogens with zero attached hydrogens (tertiary/aromatic N) is 4. The van der Waals surface area contributed by atoms with E-state index in [0.717, 1.165) is 38.6 Å². The quantitative estimate of drug-likeness (QED) is 0.371. The van der Waals surface area contributed by atoms with Gasteiger partial charge in [0.25, 0.3) is 0 Å². The van der Waals surface area contributed by atoms with Crippen LogP contribution in [0.15, 0.2) is 23.2 Å². The van der Waals surface area contributed by atoms with Crippen LogP contribution in [0.2, 0.25) is 0 Å². The van der Waals surface area contributed by atoms with Gasteiger partial charge in [-0.1, -0.05) is 12.1 Å². The second-order valence-corrected chi connectivity index (χ2v) is 9.32. The monoisotopic (exact) mass is 521 g/mol. The second-order valence-electron chi connectivity index (χ2n) is 7.24. The van der Waals surface area contributed by atoms with E-state index in [1.807, 2.05) is 0 Å². The number of sulfonamides is 1. The van der Waals surface area contributed by atoms with E-state index in [2.05, 4.69) is 52.2 Å². The fourth-order valence-electron chi connectivity index (χ4n) is 3.80. The summed E-state index contributed by atoms with van der Waals surface area (Å²) in [7, 11) is -1.25. The summed E-state index contributed by atoms with van der Waals surface area (Å²) in [5.41, 5.74) is 3.99. The topological polar surface area (TPSA) is 68.2 Å². The Kier molecular flexibility index (Phi) is 8.38. The number of piperazine rings is 1. The van der Waals surface area contributed by atoms with Gasteiger partial charge in [-0.3, -0.25) is 4.99 Å². The Bertz CT molecular complexity index is 792. The highest BCUT2D eigenvalue weighted by molar-refractivity contribution is 14.0. The summed E-state index contributed by atoms with van der Waals surface area (Å²) in [6.45, 7) is 9.76. The molecule has 0 bridgehead atoms. The average Bonchev–Trinajstić information content (AvgIpc) is 3.00. The minimum absolute atomic E-state index is 0. The molecule has 0 spiro atoms. The maximum absolute atomic E-state index is 11.9. The molecule has 2 aliphatic heterocycles. The molecule has 0 aliphatic carbocycles. The van der Waals surface area contributed by atoms with Gasteiger partial charge in [0.15, 0.2) is 5.96 Å². The minimum atomic E-state index is -3.03. The highest BCUT2D eigenvalue weighted by Gasteiger charge is 2.28. The fourth-order valence-corrected chi connectivity index (χ4v) is 5.33. The zero-order valence-electron chi connectivity index (χ0n) is 17.0. The maximum atomic E-state index is 11.9. The first-order chi connectivity index (χ1) is 12.9. The van der Waals surface area contributed by atoms with Crippen molar-refractivity contribution in [3.8, 4) is 0 Å². The van der Waals surface area contributed by atoms with Crippen LogP contribution in [0.5, 0.6) is 0 Å². The van der Waals surface area contributed by atoms with Crippen molar-refractivity contribution >= 4 is 45.6 Å². The van der Waals surface area contributed by atoms with Crippen molar-refractivity contribution in [2.45, 2.75) is 20.3 Å². The van der Waals surface area contributed by atoms with E-state index in [0.29, 0.717) is 19.6 Å². The molecule has 9 heteroatoms. The molecule has 3 rings (SSSR count). The standard InChI is InChI=1S/C19H31N5O2S.HI/c1-16-6-4-7-18(17(16)2)22-11-13-23(14-12-22)19(20-3)21-8-10-24-9-5-15-27(24,25)26;/h4,6-7H,5,8-15H2,1-3H3,(H,20,21);1H. The normalized spacial score (nSPS) is 20.2. The summed E-state index contributed by atoms with van der Waals surface area (Å²) in [5.74, 6) is 1.13. The van der Waals surface area contributed by atoms with Crippen molar-refractivity contribution in [2.24, 2.45) is 4.99 Å². The molecule has 0 aromatic heterocycles. The van der Waals surface area contributed by atoms with Gasteiger partial charge in [0.1, 0.15) is 0 Å². The third-order valence-corrected chi connectivity index (χ3v) is 7.51. The van der Waals surface area contributed by atoms with Gasteiger partial charge in [-0.05, 0) is 37.5 Å². The van der Waals surface area contributed by atoms with E-state index in [1.165, 1.54) is 16.8 Å². The Morgan fingerprint density at radius 3 is 2.46 bits per heavy atom. The van der Waals surface area contributed by atoms with Crippen molar-refractivity contribution < 1.29 is 8.42 Å². The molecular formula is C19H32IN5O2S. The first-order valence-corrected chi connectivity index (χ1v) is 11.3. The zero-order valence-corrected chi connectivity index (χ0v) is 20.2. The summed E-state index contributed by atoms with van der Waals surface area (Å²) in [6.07, 6.45) is 0.734. The molecule has 1 N–H and O–H groups in total. The number of rotatable bonds is 4. The summed E-state index contributed by atoms with van der Waals surface area (Å²) in [5, 5.41) is 3.33. The SMILES string of the molecule is CN=C(NCCN1CCCS1(=O)=O)N1CCN(c2cccc(C)c2C)CC1.I. The Labute approximate surface area is 186 Å². The number of hydrogen-bond acceptors (Lipinski definition) is 4. The highest BCUT2D eigenvalue weighted by Crippen LogP contribution is 2.23. The molecule has 1 aromatic rings. The van der Waals surface area contributed by atoms with Crippen LogP contribution in [0, 0.1) is 13.8 Å². The summed E-state index contributed by atoms with van der Waals surface area (Å²) in [6, 6.07) is 6.47. The minimum Gasteiger partial charge on any atom is -0.368 e. The number of halogens is 1. The number of nitrogens with one attached hydrogen (secondary N) is 1. The van der Waals surface area contributed by atoms with E-state index in [4.69, 9.17) is 0 Å². The molecule has 0 unspecified atom stereocenters. The molecule has 0 radical (unpaired) electrons. The Hall–Kier alpha value is -1.07. The third-order valence-electron chi connectivity index (χ3n) is 5.56. The predicted molar refractivity (Wildman–Crippen MR) is 126 cm³/mol. The van der Waals surface area contributed by atoms with Crippen LogP contribution in [0.1, 0.15) is 17.5 Å². The molecule has 0 amide bonds. The Morgan fingerprint density at radius 2 is 1.86 bits per heavy atom. The van der Waals surface area contributed by atoms with Crippen LogP contribution in [0.4, 0.5) is 5.69 Å². The van der Waals surface area contributed by atoms with E-state index in [9.17, 15) is 8.42 Å². The van der Waals surface area contributed by atoms with Gasteiger partial charge in [0, 0.05) is 58.5 Å². The number of hydrogen-bond donors (Lipinski definition) is 1. The van der Waals surface area contributed by atoms with Crippen LogP contribution in [0.3, 0.4) is 0 Å². The molecule has 158 valence electrons. The molecule has 0 atom stereocenters. The van der Waals surface area contributed by atoms with Crippen LogP contribution in [-0.4, -0.2) is 82.2 Å². The van der Waals surface area contributed by atoms with Gasteiger partial charge in [0.2, 0.25) is 10.0 Å². The lowest BCUT2D eigenvalue weighted by Gasteiger charge is -2.38. The van der Waals surface area contributed by atoms with Crippen LogP contribution >= 0.6 is 24.0 Å². The van der Waals surface area contributed by atoms with Gasteiger partial charge in [-0.15, -0.1) is 24.0 Å². The number of benzene rings is 1. The largest absolute Gasteiger partial charge is 0.368 e. The van der Waals surface area contributed by atoms with Gasteiger partial charge >= 0.3 is 0 Å². The molecule has 2 heterocycles. The fraction of sp³-hybridized carbons (Fsp3) is 0.632. The number of aryl methyl sites for hydroxylation is 1. The van der Waals surface area contributed by atoms with Crippen LogP contribution in [0.25, 0.3) is 0 Å². The summed E-state index contributed by atoms with van der Waals surface area (Å²) < 4.78 is 25.3. The lowest BCUT2D eigenvalue weighted by Crippen LogP contribution is -2.53. The average molecular weight is 521 g/mol. The Balaban J connectivity index is 0.00000280. The highest BCUT2D eigenvalue weighted by atomic mass is 127. The van der Waals surface area contributed by atoms with Crippen LogP contribution in [-0.2, 0) is 10.0 Å². The number of aliphatic imine (C=N–C) groups is 1. The third kappa shape index (κ3) is 5.29. The van der Waals surface area contributed by atoms with E-state index in [-0.39, 0.29) is 29.7 Å². The first kappa shape index (κ1) is 23.2. The predicted octanol–water partition coefficient (Wildman–Crippen LogP) is 1.65. The lowest BCUT2D eigenvalue weighted by molar-refractivity contribution is 0.368. The van der Waals surface area contributed by atoms with Gasteiger partial charge in [-0.2, -0.15) is 0 Å². The number of anilines is 1. The molecule has 2 fully saturated rings. The first-order valence-electron chi connectivity index (χ1n) is 9.67. The van der Waals surface area contributed by atoms with Crippen molar-refractivity contribution in [2.75, 3.05) is 63.5 Å². The van der Waals surface area contributed by atoms with Crippen molar-refractivity contribution in [3.63, 3.8) is 0 Å². The molecule has 2 aliphatic rings. The number of guanidine groups is 1. The molecule has 2 saturated heterocycles. The molecule has 28 heavy (non-hydrogen) atoms. The van der Waals surface area contributed by atoms with Crippen molar-refractivity contribution in [1.82, 2.24) is 14.5 Å². The van der Waals surface area contributed by atoms with Gasteiger partial charge in [-0.25, -0.2) is 12.7 Å². The molecule has 7 nitrogen and oxygen atoms in total. The van der Waals surface area contributed by atoms with Gasteiger partial charge in [0.05, 0.1) is 5.75 Å². The lowest BCUT2D eigenvalue weighted by atomic mass is 10.1.